The Balaban J connectivity index is 0.00000385. The zero-order valence-electron chi connectivity index (χ0n) is 19.3. The summed E-state index contributed by atoms with van der Waals surface area (Å²) in [6.45, 7) is 9.34. The number of carbonyl (C=O) groups excluding carboxylic acids is 1. The molecule has 0 aliphatic carbocycles. The van der Waals surface area contributed by atoms with Crippen LogP contribution in [-0.2, 0) is 9.84 Å². The van der Waals surface area contributed by atoms with Crippen LogP contribution in [0.3, 0.4) is 0 Å². The number of benzene rings is 2. The number of hydrogen-bond acceptors (Lipinski definition) is 7. The third kappa shape index (κ3) is 6.93. The van der Waals surface area contributed by atoms with Crippen LogP contribution in [0, 0.1) is 0 Å². The first-order valence-electron chi connectivity index (χ1n) is 10.6. The third-order valence-electron chi connectivity index (χ3n) is 5.20. The second-order valence-corrected chi connectivity index (χ2v) is 11.7. The maximum Gasteiger partial charge on any atom is 0.260 e. The molecule has 0 atom stereocenters. The summed E-state index contributed by atoms with van der Waals surface area (Å²) in [5.74, 6) is 0.873. The summed E-state index contributed by atoms with van der Waals surface area (Å²) in [5, 5.41) is 0.579. The van der Waals surface area contributed by atoms with Crippen molar-refractivity contribution in [3.63, 3.8) is 0 Å². The van der Waals surface area contributed by atoms with E-state index in [1.165, 1.54) is 17.6 Å². The van der Waals surface area contributed by atoms with Crippen molar-refractivity contribution in [2.75, 3.05) is 43.1 Å². The van der Waals surface area contributed by atoms with E-state index in [1.807, 2.05) is 24.3 Å². The molecule has 0 unspecified atom stereocenters. The van der Waals surface area contributed by atoms with Crippen molar-refractivity contribution >= 4 is 66.6 Å². The van der Waals surface area contributed by atoms with Gasteiger partial charge in [0.25, 0.3) is 5.91 Å². The summed E-state index contributed by atoms with van der Waals surface area (Å²) in [6.07, 6.45) is 1.19. The van der Waals surface area contributed by atoms with Crippen LogP contribution in [0.5, 0.6) is 0 Å². The van der Waals surface area contributed by atoms with Crippen LogP contribution in [0.1, 0.15) is 31.1 Å². The molecule has 0 saturated heterocycles. The summed E-state index contributed by atoms with van der Waals surface area (Å²) in [7, 11) is -3.31. The Morgan fingerprint density at radius 2 is 1.70 bits per heavy atom. The Morgan fingerprint density at radius 3 is 2.27 bits per heavy atom. The standard InChI is InChI=1S/C23H29N3O3S3.ClH/c1-5-25(6-2)14-15-26(22(27)17-8-10-18(11-9-17)30-7-3)23-24-20-13-12-19(32(4,28)29)16-21(20)31-23;/h8-13,16H,5-7,14-15H2,1-4H3;1H. The Hall–Kier alpha value is -1.65. The van der Waals surface area contributed by atoms with E-state index in [4.69, 9.17) is 0 Å². The van der Waals surface area contributed by atoms with E-state index in [0.717, 1.165) is 35.0 Å². The number of thioether (sulfide) groups is 1. The van der Waals surface area contributed by atoms with Gasteiger partial charge in [-0.3, -0.25) is 9.69 Å². The topological polar surface area (TPSA) is 70.6 Å². The van der Waals surface area contributed by atoms with Gasteiger partial charge < -0.3 is 4.90 Å². The van der Waals surface area contributed by atoms with Gasteiger partial charge in [0.1, 0.15) is 0 Å². The maximum absolute atomic E-state index is 13.5. The van der Waals surface area contributed by atoms with Gasteiger partial charge in [-0.25, -0.2) is 13.4 Å². The summed E-state index contributed by atoms with van der Waals surface area (Å²) in [5.41, 5.74) is 1.30. The lowest BCUT2D eigenvalue weighted by molar-refractivity contribution is 0.0983. The predicted molar refractivity (Wildman–Crippen MR) is 142 cm³/mol. The Morgan fingerprint density at radius 1 is 1.03 bits per heavy atom. The normalized spacial score (nSPS) is 11.5. The lowest BCUT2D eigenvalue weighted by Crippen LogP contribution is -2.38. The molecule has 1 aromatic heterocycles. The van der Waals surface area contributed by atoms with E-state index in [0.29, 0.717) is 22.8 Å². The molecule has 0 N–H and O–H groups in total. The average molecular weight is 528 g/mol. The molecule has 0 aliphatic rings. The van der Waals surface area contributed by atoms with Gasteiger partial charge in [0.05, 0.1) is 15.1 Å². The fourth-order valence-corrected chi connectivity index (χ4v) is 5.73. The molecule has 1 amide bonds. The lowest BCUT2D eigenvalue weighted by Gasteiger charge is -2.24. The van der Waals surface area contributed by atoms with E-state index >= 15 is 0 Å². The number of carbonyl (C=O) groups is 1. The zero-order valence-corrected chi connectivity index (χ0v) is 22.5. The van der Waals surface area contributed by atoms with E-state index < -0.39 is 9.84 Å². The lowest BCUT2D eigenvalue weighted by atomic mass is 10.2. The molecule has 0 aliphatic heterocycles. The van der Waals surface area contributed by atoms with E-state index in [9.17, 15) is 13.2 Å². The molecule has 3 rings (SSSR count). The number of sulfone groups is 1. The highest BCUT2D eigenvalue weighted by Crippen LogP contribution is 2.31. The fraction of sp³-hybridized carbons (Fsp3) is 0.391. The molecule has 3 aromatic rings. The van der Waals surface area contributed by atoms with Crippen molar-refractivity contribution in [3.05, 3.63) is 48.0 Å². The number of thiazole rings is 1. The molecule has 180 valence electrons. The average Bonchev–Trinajstić information content (AvgIpc) is 3.19. The van der Waals surface area contributed by atoms with Crippen molar-refractivity contribution in [2.24, 2.45) is 0 Å². The number of amides is 1. The van der Waals surface area contributed by atoms with Gasteiger partial charge in [0.2, 0.25) is 0 Å². The van der Waals surface area contributed by atoms with Crippen molar-refractivity contribution in [1.29, 1.82) is 0 Å². The highest BCUT2D eigenvalue weighted by atomic mass is 35.5. The van der Waals surface area contributed by atoms with Crippen molar-refractivity contribution in [1.82, 2.24) is 9.88 Å². The first kappa shape index (κ1) is 27.6. The van der Waals surface area contributed by atoms with Gasteiger partial charge in [0.15, 0.2) is 15.0 Å². The number of likely N-dealkylation sites (N-methyl/N-ethyl adjacent to an activating group) is 1. The van der Waals surface area contributed by atoms with Crippen molar-refractivity contribution in [2.45, 2.75) is 30.6 Å². The second kappa shape index (κ2) is 12.2. The highest BCUT2D eigenvalue weighted by molar-refractivity contribution is 7.99. The molecule has 10 heteroatoms. The van der Waals surface area contributed by atoms with Crippen LogP contribution >= 0.6 is 35.5 Å². The van der Waals surface area contributed by atoms with E-state index in [1.54, 1.807) is 34.9 Å². The summed E-state index contributed by atoms with van der Waals surface area (Å²) < 4.78 is 24.6. The number of nitrogens with zero attached hydrogens (tertiary/aromatic N) is 3. The number of aromatic nitrogens is 1. The monoisotopic (exact) mass is 527 g/mol. The minimum atomic E-state index is -3.31. The molecule has 0 saturated carbocycles. The van der Waals surface area contributed by atoms with Gasteiger partial charge in [-0.1, -0.05) is 32.1 Å². The number of fused-ring (bicyclic) bond motifs is 1. The SMILES string of the molecule is CCSc1ccc(C(=O)N(CCN(CC)CC)c2nc3ccc(S(C)(=O)=O)cc3s2)cc1.Cl. The smallest absolute Gasteiger partial charge is 0.260 e. The van der Waals surface area contributed by atoms with E-state index in [-0.39, 0.29) is 23.2 Å². The third-order valence-corrected chi connectivity index (χ3v) is 8.24. The van der Waals surface area contributed by atoms with Crippen molar-refractivity contribution in [3.8, 4) is 0 Å². The molecule has 33 heavy (non-hydrogen) atoms. The number of anilines is 1. The molecular weight excluding hydrogens is 498 g/mol. The van der Waals surface area contributed by atoms with Crippen LogP contribution in [0.4, 0.5) is 5.13 Å². The summed E-state index contributed by atoms with van der Waals surface area (Å²) in [4.78, 5) is 23.5. The number of halogens is 1. The quantitative estimate of drug-likeness (QED) is 0.336. The second-order valence-electron chi connectivity index (χ2n) is 7.34. The number of hydrogen-bond donors (Lipinski definition) is 0. The Labute approximate surface area is 210 Å². The molecule has 0 radical (unpaired) electrons. The fourth-order valence-electron chi connectivity index (χ4n) is 3.32. The summed E-state index contributed by atoms with van der Waals surface area (Å²) in [6, 6.07) is 12.6. The van der Waals surface area contributed by atoms with Gasteiger partial charge in [-0.05, 0) is 61.3 Å². The minimum Gasteiger partial charge on any atom is -0.302 e. The van der Waals surface area contributed by atoms with Gasteiger partial charge in [-0.2, -0.15) is 0 Å². The molecular formula is C23H30ClN3O3S3. The zero-order chi connectivity index (χ0) is 23.3. The molecule has 6 nitrogen and oxygen atoms in total. The van der Waals surface area contributed by atoms with Crippen LogP contribution in [-0.4, -0.2) is 62.4 Å². The molecule has 0 spiro atoms. The predicted octanol–water partition coefficient (Wildman–Crippen LogP) is 5.22. The van der Waals surface area contributed by atoms with Gasteiger partial charge in [-0.15, -0.1) is 24.2 Å². The van der Waals surface area contributed by atoms with Gasteiger partial charge in [0, 0.05) is 29.8 Å². The van der Waals surface area contributed by atoms with E-state index in [2.05, 4.69) is 30.7 Å². The van der Waals surface area contributed by atoms with Crippen LogP contribution < -0.4 is 4.90 Å². The van der Waals surface area contributed by atoms with Crippen LogP contribution in [0.15, 0.2) is 52.3 Å². The first-order chi connectivity index (χ1) is 15.3. The highest BCUT2D eigenvalue weighted by Gasteiger charge is 2.22. The largest absolute Gasteiger partial charge is 0.302 e. The first-order valence-corrected chi connectivity index (χ1v) is 14.3. The maximum atomic E-state index is 13.5. The molecule has 0 fully saturated rings. The van der Waals surface area contributed by atoms with Gasteiger partial charge >= 0.3 is 0 Å². The van der Waals surface area contributed by atoms with Crippen molar-refractivity contribution < 1.29 is 13.2 Å². The van der Waals surface area contributed by atoms with Crippen LogP contribution in [0.2, 0.25) is 0 Å². The number of rotatable bonds is 10. The van der Waals surface area contributed by atoms with Crippen LogP contribution in [0.25, 0.3) is 10.2 Å². The Bertz CT molecular complexity index is 1180. The molecule has 2 aromatic carbocycles. The minimum absolute atomic E-state index is 0. The molecule has 1 heterocycles. The summed E-state index contributed by atoms with van der Waals surface area (Å²) >= 11 is 3.08. The molecule has 0 bridgehead atoms. The Kier molecular flexibility index (Phi) is 10.2.